The Kier molecular flexibility index (Phi) is 11.2. The van der Waals surface area contributed by atoms with Crippen molar-refractivity contribution in [2.24, 2.45) is 4.99 Å². The van der Waals surface area contributed by atoms with Crippen LogP contribution < -0.4 is 10.6 Å². The van der Waals surface area contributed by atoms with Crippen molar-refractivity contribution in [3.63, 3.8) is 0 Å². The predicted molar refractivity (Wildman–Crippen MR) is 145 cm³/mol. The van der Waals surface area contributed by atoms with Crippen LogP contribution in [-0.2, 0) is 9.47 Å². The topological polar surface area (TPSA) is 61.4 Å². The molecule has 4 rings (SSSR count). The van der Waals surface area contributed by atoms with Crippen molar-refractivity contribution in [2.45, 2.75) is 43.7 Å². The number of morpholine rings is 2. The van der Waals surface area contributed by atoms with Crippen LogP contribution in [0.4, 0.5) is 0 Å². The molecule has 3 aliphatic rings. The van der Waals surface area contributed by atoms with E-state index in [4.69, 9.17) is 9.47 Å². The molecule has 33 heavy (non-hydrogen) atoms. The summed E-state index contributed by atoms with van der Waals surface area (Å²) >= 11 is 0. The van der Waals surface area contributed by atoms with Gasteiger partial charge in [-0.3, -0.25) is 14.8 Å². The van der Waals surface area contributed by atoms with Crippen molar-refractivity contribution >= 4 is 29.9 Å². The number of benzene rings is 1. The van der Waals surface area contributed by atoms with E-state index in [1.54, 1.807) is 0 Å². The summed E-state index contributed by atoms with van der Waals surface area (Å²) < 4.78 is 11.2. The molecule has 2 aliphatic heterocycles. The van der Waals surface area contributed by atoms with Gasteiger partial charge in [-0.25, -0.2) is 0 Å². The molecule has 1 saturated carbocycles. The predicted octanol–water partition coefficient (Wildman–Crippen LogP) is 2.88. The maximum Gasteiger partial charge on any atom is 0.191 e. The molecule has 2 N–H and O–H groups in total. The molecule has 0 spiro atoms. The highest BCUT2D eigenvalue weighted by Crippen LogP contribution is 2.33. The molecule has 1 atom stereocenters. The van der Waals surface area contributed by atoms with E-state index >= 15 is 0 Å². The second kappa shape index (κ2) is 13.8. The molecule has 1 aromatic carbocycles. The van der Waals surface area contributed by atoms with Crippen molar-refractivity contribution in [3.05, 3.63) is 35.9 Å². The highest BCUT2D eigenvalue weighted by molar-refractivity contribution is 14.0. The molecule has 1 unspecified atom stereocenters. The van der Waals surface area contributed by atoms with Gasteiger partial charge < -0.3 is 20.1 Å². The summed E-state index contributed by atoms with van der Waals surface area (Å²) in [5.41, 5.74) is 1.57. The molecule has 0 aromatic heterocycles. The Morgan fingerprint density at radius 3 is 2.21 bits per heavy atom. The first-order valence-electron chi connectivity index (χ1n) is 12.4. The Bertz CT molecular complexity index is 702. The summed E-state index contributed by atoms with van der Waals surface area (Å²) in [7, 11) is 1.88. The SMILES string of the molecule is CN=C(NCC(c1ccccc1)N1CCOCC1)NCC1(N2CCOCC2)CCCCC1.I. The summed E-state index contributed by atoms with van der Waals surface area (Å²) in [6.07, 6.45) is 6.52. The smallest absolute Gasteiger partial charge is 0.191 e. The zero-order valence-corrected chi connectivity index (χ0v) is 22.5. The molecule has 8 heteroatoms. The van der Waals surface area contributed by atoms with Gasteiger partial charge >= 0.3 is 0 Å². The molecule has 2 saturated heterocycles. The third-order valence-electron chi connectivity index (χ3n) is 7.41. The van der Waals surface area contributed by atoms with Crippen LogP contribution in [-0.4, -0.2) is 94.0 Å². The Morgan fingerprint density at radius 1 is 0.939 bits per heavy atom. The van der Waals surface area contributed by atoms with Gasteiger partial charge in [-0.05, 0) is 18.4 Å². The molecular weight excluding hydrogens is 529 g/mol. The fourth-order valence-corrected chi connectivity index (χ4v) is 5.54. The van der Waals surface area contributed by atoms with Crippen molar-refractivity contribution in [1.82, 2.24) is 20.4 Å². The minimum atomic E-state index is 0. The number of ether oxygens (including phenoxy) is 2. The van der Waals surface area contributed by atoms with Gasteiger partial charge in [0.05, 0.1) is 32.5 Å². The molecule has 7 nitrogen and oxygen atoms in total. The van der Waals surface area contributed by atoms with Gasteiger partial charge in [0.2, 0.25) is 0 Å². The lowest BCUT2D eigenvalue weighted by atomic mass is 9.80. The van der Waals surface area contributed by atoms with Gasteiger partial charge in [-0.15, -0.1) is 24.0 Å². The van der Waals surface area contributed by atoms with Gasteiger partial charge in [0, 0.05) is 51.9 Å². The molecule has 0 radical (unpaired) electrons. The summed E-state index contributed by atoms with van der Waals surface area (Å²) in [6.45, 7) is 9.10. The van der Waals surface area contributed by atoms with Crippen LogP contribution in [0.1, 0.15) is 43.7 Å². The van der Waals surface area contributed by atoms with E-state index < -0.39 is 0 Å². The van der Waals surface area contributed by atoms with E-state index in [0.29, 0.717) is 6.04 Å². The highest BCUT2D eigenvalue weighted by atomic mass is 127. The Morgan fingerprint density at radius 2 is 1.58 bits per heavy atom. The first-order chi connectivity index (χ1) is 15.8. The first kappa shape index (κ1) is 26.7. The number of halogens is 1. The average molecular weight is 572 g/mol. The Balaban J connectivity index is 0.00000306. The lowest BCUT2D eigenvalue weighted by molar-refractivity contribution is -0.0352. The van der Waals surface area contributed by atoms with Gasteiger partial charge in [-0.1, -0.05) is 49.6 Å². The maximum absolute atomic E-state index is 5.64. The van der Waals surface area contributed by atoms with E-state index in [9.17, 15) is 0 Å². The number of aliphatic imine (C=N–C) groups is 1. The average Bonchev–Trinajstić information content (AvgIpc) is 2.88. The quantitative estimate of drug-likeness (QED) is 0.298. The summed E-state index contributed by atoms with van der Waals surface area (Å²) in [5.74, 6) is 0.900. The highest BCUT2D eigenvalue weighted by Gasteiger charge is 2.38. The van der Waals surface area contributed by atoms with Crippen molar-refractivity contribution in [2.75, 3.05) is 72.7 Å². The third-order valence-corrected chi connectivity index (χ3v) is 7.41. The van der Waals surface area contributed by atoms with E-state index in [1.807, 2.05) is 7.05 Å². The number of nitrogens with one attached hydrogen (secondary N) is 2. The van der Waals surface area contributed by atoms with Crippen LogP contribution >= 0.6 is 24.0 Å². The van der Waals surface area contributed by atoms with Crippen molar-refractivity contribution < 1.29 is 9.47 Å². The fourth-order valence-electron chi connectivity index (χ4n) is 5.54. The Labute approximate surface area is 216 Å². The third kappa shape index (κ3) is 7.27. The molecule has 2 heterocycles. The van der Waals surface area contributed by atoms with E-state index in [2.05, 4.69) is 55.8 Å². The second-order valence-electron chi connectivity index (χ2n) is 9.27. The van der Waals surface area contributed by atoms with Gasteiger partial charge in [-0.2, -0.15) is 0 Å². The minimum absolute atomic E-state index is 0. The van der Waals surface area contributed by atoms with Gasteiger partial charge in [0.15, 0.2) is 5.96 Å². The second-order valence-corrected chi connectivity index (χ2v) is 9.27. The van der Waals surface area contributed by atoms with Crippen LogP contribution in [0, 0.1) is 0 Å². The van der Waals surface area contributed by atoms with Crippen LogP contribution in [0.25, 0.3) is 0 Å². The molecule has 1 aliphatic carbocycles. The van der Waals surface area contributed by atoms with Crippen LogP contribution in [0.2, 0.25) is 0 Å². The summed E-state index contributed by atoms with van der Waals surface area (Å²) in [6, 6.07) is 11.1. The lowest BCUT2D eigenvalue weighted by Crippen LogP contribution is -2.60. The zero-order valence-electron chi connectivity index (χ0n) is 20.1. The van der Waals surface area contributed by atoms with Crippen LogP contribution in [0.15, 0.2) is 35.3 Å². The number of hydrogen-bond donors (Lipinski definition) is 2. The zero-order chi connectivity index (χ0) is 22.1. The minimum Gasteiger partial charge on any atom is -0.379 e. The lowest BCUT2D eigenvalue weighted by Gasteiger charge is -2.48. The fraction of sp³-hybridized carbons (Fsp3) is 0.720. The van der Waals surface area contributed by atoms with E-state index in [-0.39, 0.29) is 29.5 Å². The molecule has 186 valence electrons. The van der Waals surface area contributed by atoms with E-state index in [0.717, 1.165) is 71.7 Å². The molecular formula is C25H42IN5O2. The number of rotatable bonds is 7. The standard InChI is InChI=1S/C25H41N5O2.HI/c1-26-24(28-21-25(10-6-3-7-11-25)30-14-18-32-19-15-30)27-20-23(22-8-4-2-5-9-22)29-12-16-31-17-13-29;/h2,4-5,8-9,23H,3,6-7,10-21H2,1H3,(H2,26,27,28);1H. The normalized spacial score (nSPS) is 23.4. The molecule has 1 aromatic rings. The number of hydrogen-bond acceptors (Lipinski definition) is 5. The Hall–Kier alpha value is -0.940. The van der Waals surface area contributed by atoms with Crippen molar-refractivity contribution in [3.8, 4) is 0 Å². The van der Waals surface area contributed by atoms with Gasteiger partial charge in [0.25, 0.3) is 0 Å². The number of guanidine groups is 1. The molecule has 0 bridgehead atoms. The largest absolute Gasteiger partial charge is 0.379 e. The molecule has 3 fully saturated rings. The van der Waals surface area contributed by atoms with Crippen LogP contribution in [0.3, 0.4) is 0 Å². The maximum atomic E-state index is 5.64. The summed E-state index contributed by atoms with van der Waals surface area (Å²) in [4.78, 5) is 9.77. The van der Waals surface area contributed by atoms with Crippen LogP contribution in [0.5, 0.6) is 0 Å². The summed E-state index contributed by atoms with van der Waals surface area (Å²) in [5, 5.41) is 7.34. The van der Waals surface area contributed by atoms with Gasteiger partial charge in [0.1, 0.15) is 0 Å². The first-order valence-corrected chi connectivity index (χ1v) is 12.4. The monoisotopic (exact) mass is 571 g/mol. The number of nitrogens with zero attached hydrogens (tertiary/aromatic N) is 3. The van der Waals surface area contributed by atoms with E-state index in [1.165, 1.54) is 37.7 Å². The van der Waals surface area contributed by atoms with Crippen molar-refractivity contribution in [1.29, 1.82) is 0 Å². The molecule has 0 amide bonds.